The van der Waals surface area contributed by atoms with Crippen LogP contribution in [-0.2, 0) is 27.5 Å². The standard InChI is InChI=1S/C32H32ClF2N5O3S/c33-23-11-9-22(10-12-23)17-30(31(41)39-25-18-24(34)19-37-20-25)40-29-8-4-7-28(35)27(29)13-14-32(21-36-15-16-38-32)44(42,43)26-5-2-1-3-6-26/h1-12,18-20,30,36,38,40H,13-17,21H2,(H,39,41)/t30-,32-/m0/s1. The number of hydrogen-bond donors (Lipinski definition) is 4. The van der Waals surface area contributed by atoms with Gasteiger partial charge >= 0.3 is 0 Å². The minimum Gasteiger partial charge on any atom is -0.373 e. The Hall–Kier alpha value is -3.90. The van der Waals surface area contributed by atoms with E-state index in [-0.39, 0.29) is 42.0 Å². The van der Waals surface area contributed by atoms with E-state index in [1.807, 2.05) is 0 Å². The molecule has 5 rings (SSSR count). The van der Waals surface area contributed by atoms with Crippen LogP contribution in [0.4, 0.5) is 20.2 Å². The molecule has 1 aromatic heterocycles. The van der Waals surface area contributed by atoms with Gasteiger partial charge in [0.2, 0.25) is 5.91 Å². The molecule has 1 aliphatic rings. The molecule has 3 aromatic carbocycles. The van der Waals surface area contributed by atoms with Crippen LogP contribution in [-0.4, -0.2) is 49.9 Å². The number of pyridine rings is 1. The van der Waals surface area contributed by atoms with Crippen molar-refractivity contribution in [1.82, 2.24) is 15.6 Å². The van der Waals surface area contributed by atoms with Crippen LogP contribution in [0.25, 0.3) is 0 Å². The summed E-state index contributed by atoms with van der Waals surface area (Å²) in [5.41, 5.74) is 1.53. The Labute approximate surface area is 260 Å². The van der Waals surface area contributed by atoms with Gasteiger partial charge in [-0.3, -0.25) is 15.1 Å². The fourth-order valence-electron chi connectivity index (χ4n) is 5.30. The van der Waals surface area contributed by atoms with E-state index in [0.29, 0.717) is 23.8 Å². The third kappa shape index (κ3) is 7.24. The fourth-order valence-corrected chi connectivity index (χ4v) is 7.34. The summed E-state index contributed by atoms with van der Waals surface area (Å²) < 4.78 is 57.0. The maximum absolute atomic E-state index is 15.5. The smallest absolute Gasteiger partial charge is 0.247 e. The Morgan fingerprint density at radius 1 is 1.00 bits per heavy atom. The van der Waals surface area contributed by atoms with Crippen LogP contribution in [0.15, 0.2) is 96.2 Å². The van der Waals surface area contributed by atoms with E-state index >= 15 is 4.39 Å². The summed E-state index contributed by atoms with van der Waals surface area (Å²) in [4.78, 5) is 16.1. The van der Waals surface area contributed by atoms with Gasteiger partial charge in [-0.25, -0.2) is 17.2 Å². The van der Waals surface area contributed by atoms with Gasteiger partial charge in [-0.1, -0.05) is 48.0 Å². The van der Waals surface area contributed by atoms with E-state index in [1.165, 1.54) is 18.3 Å². The number of benzene rings is 3. The normalized spacial score (nSPS) is 17.5. The van der Waals surface area contributed by atoms with Crippen molar-refractivity contribution in [2.24, 2.45) is 0 Å². The van der Waals surface area contributed by atoms with Gasteiger partial charge in [0.25, 0.3) is 0 Å². The van der Waals surface area contributed by atoms with Crippen molar-refractivity contribution < 1.29 is 22.0 Å². The lowest BCUT2D eigenvalue weighted by atomic mass is 9.99. The number of sulfone groups is 1. The Balaban J connectivity index is 1.44. The molecule has 0 aliphatic carbocycles. The highest BCUT2D eigenvalue weighted by atomic mass is 35.5. The van der Waals surface area contributed by atoms with Crippen LogP contribution < -0.4 is 21.3 Å². The predicted molar refractivity (Wildman–Crippen MR) is 167 cm³/mol. The number of hydrogen-bond acceptors (Lipinski definition) is 7. The summed E-state index contributed by atoms with van der Waals surface area (Å²) in [5.74, 6) is -1.64. The fraction of sp³-hybridized carbons (Fsp3) is 0.250. The van der Waals surface area contributed by atoms with Crippen LogP contribution in [0.5, 0.6) is 0 Å². The number of aromatic nitrogens is 1. The maximum Gasteiger partial charge on any atom is 0.247 e. The minimum atomic E-state index is -3.87. The third-order valence-corrected chi connectivity index (χ3v) is 10.3. The zero-order valence-electron chi connectivity index (χ0n) is 23.7. The average molecular weight is 640 g/mol. The third-order valence-electron chi connectivity index (χ3n) is 7.60. The summed E-state index contributed by atoms with van der Waals surface area (Å²) in [6.07, 6.45) is 2.67. The highest BCUT2D eigenvalue weighted by Crippen LogP contribution is 2.32. The maximum atomic E-state index is 15.5. The average Bonchev–Trinajstić information content (AvgIpc) is 3.02. The topological polar surface area (TPSA) is 112 Å². The summed E-state index contributed by atoms with van der Waals surface area (Å²) in [7, 11) is -3.87. The molecule has 2 heterocycles. The lowest BCUT2D eigenvalue weighted by molar-refractivity contribution is -0.116. The molecule has 0 saturated carbocycles. The number of anilines is 2. The van der Waals surface area contributed by atoms with Crippen LogP contribution in [0.3, 0.4) is 0 Å². The molecule has 0 radical (unpaired) electrons. The number of piperazine rings is 1. The lowest BCUT2D eigenvalue weighted by Gasteiger charge is -2.38. The number of halogens is 3. The van der Waals surface area contributed by atoms with Crippen LogP contribution in [0.2, 0.25) is 5.02 Å². The second kappa shape index (κ2) is 13.8. The van der Waals surface area contributed by atoms with Crippen LogP contribution in [0.1, 0.15) is 17.5 Å². The van der Waals surface area contributed by atoms with Crippen molar-refractivity contribution in [2.45, 2.75) is 35.1 Å². The lowest BCUT2D eigenvalue weighted by Crippen LogP contribution is -2.63. The molecular weight excluding hydrogens is 608 g/mol. The van der Waals surface area contributed by atoms with E-state index in [9.17, 15) is 17.6 Å². The first-order valence-corrected chi connectivity index (χ1v) is 16.0. The Morgan fingerprint density at radius 2 is 1.77 bits per heavy atom. The van der Waals surface area contributed by atoms with Crippen LogP contribution in [0, 0.1) is 11.6 Å². The SMILES string of the molecule is O=C(Nc1cncc(F)c1)[C@H](Cc1ccc(Cl)cc1)Nc1cccc(F)c1CC[C@]1(S(=O)(=O)c2ccccc2)CNCCN1. The van der Waals surface area contributed by atoms with Crippen molar-refractivity contribution in [1.29, 1.82) is 0 Å². The van der Waals surface area contributed by atoms with Crippen molar-refractivity contribution >= 4 is 38.7 Å². The first-order chi connectivity index (χ1) is 21.2. The number of nitrogens with one attached hydrogen (secondary N) is 4. The first-order valence-electron chi connectivity index (χ1n) is 14.1. The minimum absolute atomic E-state index is 0.0544. The monoisotopic (exact) mass is 639 g/mol. The molecule has 0 spiro atoms. The number of rotatable bonds is 11. The molecular formula is C32H32ClF2N5O3S. The van der Waals surface area contributed by atoms with Gasteiger partial charge in [0.15, 0.2) is 9.84 Å². The number of nitrogens with zero attached hydrogens (tertiary/aromatic N) is 1. The van der Waals surface area contributed by atoms with Gasteiger partial charge in [-0.05, 0) is 54.8 Å². The van der Waals surface area contributed by atoms with E-state index in [4.69, 9.17) is 11.6 Å². The summed E-state index contributed by atoms with van der Waals surface area (Å²) in [6.45, 7) is 1.16. The van der Waals surface area contributed by atoms with E-state index in [0.717, 1.165) is 17.8 Å². The molecule has 1 amide bonds. The molecule has 4 N–H and O–H groups in total. The molecule has 0 unspecified atom stereocenters. The molecule has 1 fully saturated rings. The van der Waals surface area contributed by atoms with Gasteiger partial charge < -0.3 is 16.0 Å². The molecule has 230 valence electrons. The molecule has 1 aliphatic heterocycles. The highest BCUT2D eigenvalue weighted by molar-refractivity contribution is 7.92. The van der Waals surface area contributed by atoms with Crippen molar-refractivity contribution in [2.75, 3.05) is 30.3 Å². The van der Waals surface area contributed by atoms with Gasteiger partial charge in [-0.15, -0.1) is 0 Å². The number of carbonyl (C=O) groups excluding carboxylic acids is 1. The quantitative estimate of drug-likeness (QED) is 0.183. The summed E-state index contributed by atoms with van der Waals surface area (Å²) >= 11 is 6.05. The van der Waals surface area contributed by atoms with Crippen molar-refractivity contribution in [3.8, 4) is 0 Å². The zero-order chi connectivity index (χ0) is 31.2. The number of amides is 1. The predicted octanol–water partition coefficient (Wildman–Crippen LogP) is 4.97. The van der Waals surface area contributed by atoms with E-state index in [1.54, 1.807) is 60.7 Å². The number of carbonyl (C=O) groups is 1. The van der Waals surface area contributed by atoms with Gasteiger partial charge in [0.1, 0.15) is 22.5 Å². The molecule has 12 heteroatoms. The van der Waals surface area contributed by atoms with E-state index < -0.39 is 38.3 Å². The molecule has 1 saturated heterocycles. The first kappa shape index (κ1) is 31.5. The molecule has 2 atom stereocenters. The van der Waals surface area contributed by atoms with Crippen molar-refractivity contribution in [3.63, 3.8) is 0 Å². The molecule has 0 bridgehead atoms. The van der Waals surface area contributed by atoms with Gasteiger partial charge in [0.05, 0.1) is 23.0 Å². The van der Waals surface area contributed by atoms with Gasteiger partial charge in [0, 0.05) is 48.4 Å². The van der Waals surface area contributed by atoms with E-state index in [2.05, 4.69) is 26.3 Å². The summed E-state index contributed by atoms with van der Waals surface area (Å²) in [6, 6.07) is 19.9. The Kier molecular flexibility index (Phi) is 9.90. The summed E-state index contributed by atoms with van der Waals surface area (Å²) in [5, 5.41) is 12.8. The van der Waals surface area contributed by atoms with Crippen molar-refractivity contribution in [3.05, 3.63) is 119 Å². The Morgan fingerprint density at radius 3 is 2.48 bits per heavy atom. The molecule has 8 nitrogen and oxygen atoms in total. The second-order valence-corrected chi connectivity index (χ2v) is 13.3. The van der Waals surface area contributed by atoms with Gasteiger partial charge in [-0.2, -0.15) is 0 Å². The molecule has 4 aromatic rings. The zero-order valence-corrected chi connectivity index (χ0v) is 25.3. The molecule has 44 heavy (non-hydrogen) atoms. The highest BCUT2D eigenvalue weighted by Gasteiger charge is 2.45. The largest absolute Gasteiger partial charge is 0.373 e. The Bertz CT molecular complexity index is 1700. The second-order valence-electron chi connectivity index (χ2n) is 10.6. The van der Waals surface area contributed by atoms with Crippen LogP contribution >= 0.6 is 11.6 Å².